The number of hydrogen-bond donors (Lipinski definition) is 1. The van der Waals surface area contributed by atoms with Gasteiger partial charge in [0.25, 0.3) is 5.79 Å². The van der Waals surface area contributed by atoms with E-state index in [0.717, 1.165) is 0 Å². The van der Waals surface area contributed by atoms with Crippen LogP contribution in [0.15, 0.2) is 30.0 Å². The number of esters is 2. The largest absolute Gasteiger partial charge is 0.490 e. The maximum atomic E-state index is 11.8. The van der Waals surface area contributed by atoms with Crippen LogP contribution in [0.5, 0.6) is 5.75 Å². The minimum Gasteiger partial charge on any atom is -0.490 e. The Labute approximate surface area is 133 Å². The van der Waals surface area contributed by atoms with E-state index < -0.39 is 17.7 Å². The summed E-state index contributed by atoms with van der Waals surface area (Å²) in [5.74, 6) is -2.35. The van der Waals surface area contributed by atoms with Gasteiger partial charge in [0.05, 0.1) is 17.3 Å². The molecule has 1 heterocycles. The van der Waals surface area contributed by atoms with Gasteiger partial charge < -0.3 is 19.5 Å². The molecule has 0 unspecified atom stereocenters. The lowest BCUT2D eigenvalue weighted by Crippen LogP contribution is -2.42. The van der Waals surface area contributed by atoms with Gasteiger partial charge in [-0.3, -0.25) is 0 Å². The van der Waals surface area contributed by atoms with Crippen LogP contribution in [0.3, 0.4) is 0 Å². The molecule has 0 aliphatic carbocycles. The van der Waals surface area contributed by atoms with Gasteiger partial charge in [-0.15, -0.1) is 0 Å². The Bertz CT molecular complexity index is 617. The second-order valence-corrected chi connectivity index (χ2v) is 5.34. The van der Waals surface area contributed by atoms with E-state index in [1.807, 2.05) is 6.92 Å². The molecule has 0 atom stereocenters. The number of rotatable bonds is 4. The quantitative estimate of drug-likeness (QED) is 0.521. The summed E-state index contributed by atoms with van der Waals surface area (Å²) >= 11 is 6.06. The molecule has 0 aromatic heterocycles. The van der Waals surface area contributed by atoms with Gasteiger partial charge in [-0.05, 0) is 19.1 Å². The molecule has 0 spiro atoms. The third kappa shape index (κ3) is 3.51. The fraction of sp³-hybridized carbons (Fsp3) is 0.333. The minimum atomic E-state index is -1.27. The maximum Gasteiger partial charge on any atom is 0.350 e. The highest BCUT2D eigenvalue weighted by Crippen LogP contribution is 2.33. The highest BCUT2D eigenvalue weighted by atomic mass is 35.5. The number of cyclic esters (lactones) is 2. The van der Waals surface area contributed by atoms with Gasteiger partial charge >= 0.3 is 11.9 Å². The van der Waals surface area contributed by atoms with Crippen molar-refractivity contribution >= 4 is 29.2 Å². The Morgan fingerprint density at radius 3 is 2.50 bits per heavy atom. The van der Waals surface area contributed by atoms with Crippen LogP contribution in [0.25, 0.3) is 0 Å². The molecule has 1 fully saturated rings. The lowest BCUT2D eigenvalue weighted by molar-refractivity contribution is -0.222. The van der Waals surface area contributed by atoms with E-state index in [4.69, 9.17) is 25.8 Å². The lowest BCUT2D eigenvalue weighted by atomic mass is 10.2. The zero-order valence-electron chi connectivity index (χ0n) is 12.4. The summed E-state index contributed by atoms with van der Waals surface area (Å²) in [7, 11) is 0. The summed E-state index contributed by atoms with van der Waals surface area (Å²) in [6, 6.07) is 5.10. The Morgan fingerprint density at radius 1 is 1.27 bits per heavy atom. The van der Waals surface area contributed by atoms with Crippen LogP contribution < -0.4 is 10.1 Å². The molecular weight excluding hydrogens is 310 g/mol. The SMILES string of the molecule is CCOc1c(Cl)cccc1NC=C1C(=O)OC(C)(C)OC1=O. The van der Waals surface area contributed by atoms with E-state index in [1.165, 1.54) is 20.0 Å². The van der Waals surface area contributed by atoms with Gasteiger partial charge in [0.2, 0.25) is 0 Å². The molecule has 1 aromatic carbocycles. The first kappa shape index (κ1) is 16.2. The molecule has 1 aliphatic heterocycles. The number of anilines is 1. The van der Waals surface area contributed by atoms with Crippen LogP contribution in [0.2, 0.25) is 5.02 Å². The number of para-hydroxylation sites is 1. The number of carbonyl (C=O) groups excluding carboxylic acids is 2. The average molecular weight is 326 g/mol. The van der Waals surface area contributed by atoms with E-state index in [-0.39, 0.29) is 5.57 Å². The number of nitrogens with one attached hydrogen (secondary N) is 1. The van der Waals surface area contributed by atoms with Crippen LogP contribution in [0.4, 0.5) is 5.69 Å². The summed E-state index contributed by atoms with van der Waals surface area (Å²) in [6.45, 7) is 5.21. The third-order valence-corrected chi connectivity index (χ3v) is 3.04. The van der Waals surface area contributed by atoms with E-state index in [0.29, 0.717) is 23.1 Å². The van der Waals surface area contributed by atoms with Crippen molar-refractivity contribution in [2.75, 3.05) is 11.9 Å². The molecular formula is C15H16ClNO5. The molecule has 0 radical (unpaired) electrons. The predicted molar refractivity (Wildman–Crippen MR) is 80.6 cm³/mol. The van der Waals surface area contributed by atoms with Crippen molar-refractivity contribution in [3.8, 4) is 5.75 Å². The molecule has 0 amide bonds. The molecule has 6 nitrogen and oxygen atoms in total. The average Bonchev–Trinajstić information content (AvgIpc) is 2.40. The topological polar surface area (TPSA) is 73.9 Å². The molecule has 1 aromatic rings. The second kappa shape index (κ2) is 6.27. The van der Waals surface area contributed by atoms with Gasteiger partial charge in [0, 0.05) is 20.0 Å². The summed E-state index contributed by atoms with van der Waals surface area (Å²) in [5.41, 5.74) is 0.286. The Morgan fingerprint density at radius 2 is 1.91 bits per heavy atom. The summed E-state index contributed by atoms with van der Waals surface area (Å²) in [4.78, 5) is 23.7. The van der Waals surface area contributed by atoms with Gasteiger partial charge in [0.15, 0.2) is 11.3 Å². The van der Waals surface area contributed by atoms with Crippen LogP contribution in [-0.2, 0) is 19.1 Å². The number of carbonyl (C=O) groups is 2. The lowest BCUT2D eigenvalue weighted by Gasteiger charge is -2.29. The summed E-state index contributed by atoms with van der Waals surface area (Å²) < 4.78 is 15.4. The molecule has 118 valence electrons. The summed E-state index contributed by atoms with van der Waals surface area (Å²) in [5, 5.41) is 3.24. The first-order valence-corrected chi connectivity index (χ1v) is 7.06. The smallest absolute Gasteiger partial charge is 0.350 e. The van der Waals surface area contributed by atoms with E-state index in [2.05, 4.69) is 5.32 Å². The van der Waals surface area contributed by atoms with E-state index >= 15 is 0 Å². The highest BCUT2D eigenvalue weighted by molar-refractivity contribution is 6.32. The molecule has 1 saturated heterocycles. The fourth-order valence-electron chi connectivity index (χ4n) is 1.84. The van der Waals surface area contributed by atoms with E-state index in [9.17, 15) is 9.59 Å². The first-order valence-electron chi connectivity index (χ1n) is 6.69. The van der Waals surface area contributed by atoms with Crippen molar-refractivity contribution in [2.24, 2.45) is 0 Å². The molecule has 0 saturated carbocycles. The van der Waals surface area contributed by atoms with Gasteiger partial charge in [-0.2, -0.15) is 0 Å². The van der Waals surface area contributed by atoms with Crippen molar-refractivity contribution in [1.29, 1.82) is 0 Å². The number of halogens is 1. The molecule has 1 N–H and O–H groups in total. The van der Waals surface area contributed by atoms with Crippen LogP contribution in [0.1, 0.15) is 20.8 Å². The fourth-order valence-corrected chi connectivity index (χ4v) is 2.07. The molecule has 0 bridgehead atoms. The zero-order chi connectivity index (χ0) is 16.3. The Hall–Kier alpha value is -2.21. The normalized spacial score (nSPS) is 16.6. The standard InChI is InChI=1S/C15H16ClNO5/c1-4-20-12-10(16)6-5-7-11(12)17-8-9-13(18)21-15(2,3)22-14(9)19/h5-8,17H,4H2,1-3H3. The molecule has 7 heteroatoms. The van der Waals surface area contributed by atoms with Crippen molar-refractivity contribution in [3.63, 3.8) is 0 Å². The minimum absolute atomic E-state index is 0.234. The summed E-state index contributed by atoms with van der Waals surface area (Å²) in [6.07, 6.45) is 1.22. The number of benzene rings is 1. The van der Waals surface area contributed by atoms with Gasteiger partial charge in [0.1, 0.15) is 0 Å². The van der Waals surface area contributed by atoms with E-state index in [1.54, 1.807) is 18.2 Å². The van der Waals surface area contributed by atoms with Crippen LogP contribution >= 0.6 is 11.6 Å². The predicted octanol–water partition coefficient (Wildman–Crippen LogP) is 2.87. The Balaban J connectivity index is 2.24. The van der Waals surface area contributed by atoms with Crippen molar-refractivity contribution in [1.82, 2.24) is 0 Å². The van der Waals surface area contributed by atoms with Crippen molar-refractivity contribution in [2.45, 2.75) is 26.6 Å². The maximum absolute atomic E-state index is 11.8. The molecule has 2 rings (SSSR count). The van der Waals surface area contributed by atoms with Crippen molar-refractivity contribution in [3.05, 3.63) is 35.0 Å². The van der Waals surface area contributed by atoms with Gasteiger partial charge in [-0.25, -0.2) is 9.59 Å². The second-order valence-electron chi connectivity index (χ2n) is 4.93. The number of hydrogen-bond acceptors (Lipinski definition) is 6. The van der Waals surface area contributed by atoms with Crippen molar-refractivity contribution < 1.29 is 23.8 Å². The monoisotopic (exact) mass is 325 g/mol. The zero-order valence-corrected chi connectivity index (χ0v) is 13.2. The van der Waals surface area contributed by atoms with Crippen LogP contribution in [-0.4, -0.2) is 24.3 Å². The molecule has 22 heavy (non-hydrogen) atoms. The van der Waals surface area contributed by atoms with Gasteiger partial charge in [-0.1, -0.05) is 17.7 Å². The Kier molecular flexibility index (Phi) is 4.61. The van der Waals surface area contributed by atoms with Crippen LogP contribution in [0, 0.1) is 0 Å². The first-order chi connectivity index (χ1) is 10.3. The highest BCUT2D eigenvalue weighted by Gasteiger charge is 2.38. The third-order valence-electron chi connectivity index (χ3n) is 2.74. The molecule has 1 aliphatic rings. The number of ether oxygens (including phenoxy) is 3.